The maximum absolute atomic E-state index is 12.9. The number of halogens is 4. The number of rotatable bonds is 17. The Labute approximate surface area is 305 Å². The molecule has 1 fully saturated rings. The molecule has 0 radical (unpaired) electrons. The number of alkyl halides is 3. The summed E-state index contributed by atoms with van der Waals surface area (Å²) >= 11 is 6.02. The first-order valence-corrected chi connectivity index (χ1v) is 16.4. The van der Waals surface area contributed by atoms with E-state index in [1.165, 1.54) is 31.4 Å². The average Bonchev–Trinajstić information content (AvgIpc) is 3.91. The van der Waals surface area contributed by atoms with Crippen molar-refractivity contribution in [1.29, 1.82) is 0 Å². The van der Waals surface area contributed by atoms with E-state index in [1.54, 1.807) is 36.4 Å². The number of hydrogen-bond acceptors (Lipinski definition) is 11. The van der Waals surface area contributed by atoms with Gasteiger partial charge in [0.1, 0.15) is 11.8 Å². The van der Waals surface area contributed by atoms with E-state index in [4.69, 9.17) is 21.1 Å². The summed E-state index contributed by atoms with van der Waals surface area (Å²) in [6.07, 6.45) is -4.05. The minimum Gasteiger partial charge on any atom is -0.496 e. The van der Waals surface area contributed by atoms with Crippen LogP contribution in [0.15, 0.2) is 72.8 Å². The Morgan fingerprint density at radius 2 is 1.62 bits per heavy atom. The number of para-hydroxylation sites is 1. The molecule has 1 heterocycles. The van der Waals surface area contributed by atoms with Gasteiger partial charge < -0.3 is 35.8 Å². The number of carbonyl (C=O) groups is 4. The van der Waals surface area contributed by atoms with E-state index < -0.39 is 60.4 Å². The van der Waals surface area contributed by atoms with E-state index in [-0.39, 0.29) is 30.4 Å². The van der Waals surface area contributed by atoms with Gasteiger partial charge in [0, 0.05) is 34.8 Å². The van der Waals surface area contributed by atoms with Gasteiger partial charge in [-0.1, -0.05) is 41.9 Å². The molecule has 2 amide bonds. The highest BCUT2D eigenvalue weighted by molar-refractivity contribution is 6.36. The summed E-state index contributed by atoms with van der Waals surface area (Å²) in [4.78, 5) is 61.8. The number of methoxy groups -OCH3 is 1. The van der Waals surface area contributed by atoms with Crippen LogP contribution in [0.1, 0.15) is 47.2 Å². The lowest BCUT2D eigenvalue weighted by molar-refractivity contribution is -0.154. The lowest BCUT2D eigenvalue weighted by atomic mass is 10.1. The topological polar surface area (TPSA) is 194 Å². The van der Waals surface area contributed by atoms with Crippen molar-refractivity contribution < 1.29 is 46.9 Å². The lowest BCUT2D eigenvalue weighted by Gasteiger charge is -2.19. The van der Waals surface area contributed by atoms with Gasteiger partial charge >= 0.3 is 18.2 Å². The standard InChI is InChI=1S/C35H33ClF3N7O7/c1-52-27-5-3-2-4-21(27)18-40-29(49)26(47)15-14-25(30(50)51)42-28(48)20-6-12-24(13-7-20)41-31-43-32(45-33(44-31)53-19-35(37,38)39)46-34(16-17-34)22-8-10-23(36)11-9-22/h2-13,25H,14-19H2,1H3,(H,40,49)(H,42,48)(H,50,51)(H2,41,43,44,45,46)/t25-/m0/s1. The zero-order valence-electron chi connectivity index (χ0n) is 28.0. The molecule has 278 valence electrons. The number of benzene rings is 3. The van der Waals surface area contributed by atoms with Crippen molar-refractivity contribution in [2.24, 2.45) is 0 Å². The van der Waals surface area contributed by atoms with Crippen LogP contribution in [0.2, 0.25) is 5.02 Å². The van der Waals surface area contributed by atoms with Gasteiger partial charge in [0.15, 0.2) is 6.61 Å². The number of carboxylic acids is 1. The Morgan fingerprint density at radius 3 is 2.26 bits per heavy atom. The molecule has 4 aromatic rings. The van der Waals surface area contributed by atoms with Gasteiger partial charge in [-0.15, -0.1) is 0 Å². The summed E-state index contributed by atoms with van der Waals surface area (Å²) in [5.74, 6) is -3.65. The number of hydrogen-bond donors (Lipinski definition) is 5. The second-order valence-electron chi connectivity index (χ2n) is 11.9. The Morgan fingerprint density at radius 1 is 0.943 bits per heavy atom. The van der Waals surface area contributed by atoms with Crippen LogP contribution in [0.4, 0.5) is 30.8 Å². The quantitative estimate of drug-likeness (QED) is 0.0890. The van der Waals surface area contributed by atoms with Crippen molar-refractivity contribution in [2.45, 2.75) is 50.0 Å². The molecule has 0 unspecified atom stereocenters. The molecule has 5 rings (SSSR count). The second-order valence-corrected chi connectivity index (χ2v) is 12.3. The van der Waals surface area contributed by atoms with Crippen LogP contribution in [0.25, 0.3) is 0 Å². The maximum atomic E-state index is 12.9. The summed E-state index contributed by atoms with van der Waals surface area (Å²) in [5.41, 5.74) is 1.32. The minimum absolute atomic E-state index is 0.0158. The van der Waals surface area contributed by atoms with Gasteiger partial charge in [0.2, 0.25) is 17.7 Å². The number of aliphatic carboxylic acids is 1. The van der Waals surface area contributed by atoms with Crippen molar-refractivity contribution in [2.75, 3.05) is 24.4 Å². The zero-order chi connectivity index (χ0) is 38.2. The highest BCUT2D eigenvalue weighted by atomic mass is 35.5. The molecule has 0 saturated heterocycles. The molecule has 1 atom stereocenters. The lowest BCUT2D eigenvalue weighted by Crippen LogP contribution is -2.41. The van der Waals surface area contributed by atoms with Crippen LogP contribution >= 0.6 is 11.6 Å². The first kappa shape index (κ1) is 38.3. The van der Waals surface area contributed by atoms with Crippen molar-refractivity contribution in [1.82, 2.24) is 25.6 Å². The fraction of sp³-hybridized carbons (Fsp3) is 0.286. The predicted octanol–water partition coefficient (Wildman–Crippen LogP) is 5.17. The molecule has 53 heavy (non-hydrogen) atoms. The number of anilines is 3. The van der Waals surface area contributed by atoms with Crippen molar-refractivity contribution in [3.8, 4) is 11.8 Å². The monoisotopic (exact) mass is 755 g/mol. The molecular weight excluding hydrogens is 723 g/mol. The number of nitrogens with one attached hydrogen (secondary N) is 4. The summed E-state index contributed by atoms with van der Waals surface area (Å²) in [6.45, 7) is -1.62. The third-order valence-corrected chi connectivity index (χ3v) is 8.28. The number of carbonyl (C=O) groups excluding carboxylic acids is 3. The highest BCUT2D eigenvalue weighted by Gasteiger charge is 2.45. The van der Waals surface area contributed by atoms with Crippen LogP contribution in [-0.2, 0) is 26.5 Å². The summed E-state index contributed by atoms with van der Waals surface area (Å²) in [7, 11) is 1.47. The minimum atomic E-state index is -4.65. The third-order valence-electron chi connectivity index (χ3n) is 8.03. The number of nitrogens with zero attached hydrogens (tertiary/aromatic N) is 3. The first-order valence-electron chi connectivity index (χ1n) is 16.1. The van der Waals surface area contributed by atoms with Crippen LogP contribution in [-0.4, -0.2) is 69.6 Å². The average molecular weight is 756 g/mol. The van der Waals surface area contributed by atoms with E-state index in [0.29, 0.717) is 34.9 Å². The largest absolute Gasteiger partial charge is 0.496 e. The molecule has 3 aromatic carbocycles. The van der Waals surface area contributed by atoms with Crippen molar-refractivity contribution in [3.05, 3.63) is 94.5 Å². The number of ketones is 1. The van der Waals surface area contributed by atoms with Crippen LogP contribution in [0, 0.1) is 0 Å². The fourth-order valence-electron chi connectivity index (χ4n) is 5.12. The molecule has 1 aromatic heterocycles. The zero-order valence-corrected chi connectivity index (χ0v) is 28.8. The molecule has 18 heteroatoms. The number of ether oxygens (including phenoxy) is 2. The van der Waals surface area contributed by atoms with E-state index in [9.17, 15) is 37.5 Å². The molecule has 5 N–H and O–H groups in total. The van der Waals surface area contributed by atoms with Gasteiger partial charge in [-0.05, 0) is 67.3 Å². The Hall–Kier alpha value is -5.97. The Kier molecular flexibility index (Phi) is 12.0. The third kappa shape index (κ3) is 10.8. The van der Waals surface area contributed by atoms with Crippen LogP contribution in [0.3, 0.4) is 0 Å². The number of carboxylic acid groups (broad SMARTS) is 1. The number of aromatic nitrogens is 3. The SMILES string of the molecule is COc1ccccc1CNC(=O)C(=O)CC[C@H](NC(=O)c1ccc(Nc2nc(NC3(c4ccc(Cl)cc4)CC3)nc(OCC(F)(F)F)n2)cc1)C(=O)O. The van der Waals surface area contributed by atoms with Crippen molar-refractivity contribution >= 4 is 52.8 Å². The predicted molar refractivity (Wildman–Crippen MR) is 185 cm³/mol. The van der Waals surface area contributed by atoms with E-state index in [2.05, 4.69) is 36.2 Å². The smallest absolute Gasteiger partial charge is 0.422 e. The van der Waals surface area contributed by atoms with Gasteiger partial charge in [-0.3, -0.25) is 14.4 Å². The maximum Gasteiger partial charge on any atom is 0.422 e. The van der Waals surface area contributed by atoms with Gasteiger partial charge in [-0.2, -0.15) is 28.1 Å². The van der Waals surface area contributed by atoms with Crippen LogP contribution in [0.5, 0.6) is 11.8 Å². The molecule has 0 bridgehead atoms. The molecule has 0 spiro atoms. The van der Waals surface area contributed by atoms with E-state index in [1.807, 2.05) is 12.1 Å². The molecule has 1 aliphatic carbocycles. The van der Waals surface area contributed by atoms with E-state index >= 15 is 0 Å². The number of amides is 2. The summed E-state index contributed by atoms with van der Waals surface area (Å²) < 4.78 is 48.8. The normalized spacial score (nSPS) is 13.6. The Bertz CT molecular complexity index is 1960. The van der Waals surface area contributed by atoms with Crippen LogP contribution < -0.4 is 30.7 Å². The highest BCUT2D eigenvalue weighted by Crippen LogP contribution is 2.48. The van der Waals surface area contributed by atoms with Gasteiger partial charge in [-0.25, -0.2) is 4.79 Å². The molecular formula is C35H33ClF3N7O7. The molecule has 1 saturated carbocycles. The molecule has 14 nitrogen and oxygen atoms in total. The Balaban J connectivity index is 1.20. The van der Waals surface area contributed by atoms with Crippen molar-refractivity contribution in [3.63, 3.8) is 0 Å². The molecule has 0 aliphatic heterocycles. The van der Waals surface area contributed by atoms with E-state index in [0.717, 1.165) is 5.56 Å². The number of Topliss-reactive ketones (excluding diaryl/α,β-unsaturated/α-hetero) is 1. The first-order chi connectivity index (χ1) is 25.2. The summed E-state index contributed by atoms with van der Waals surface area (Å²) in [5, 5.41) is 21.0. The molecule has 1 aliphatic rings. The fourth-order valence-corrected chi connectivity index (χ4v) is 5.24. The second kappa shape index (κ2) is 16.6. The van der Waals surface area contributed by atoms with Gasteiger partial charge in [0.25, 0.3) is 11.8 Å². The summed E-state index contributed by atoms with van der Waals surface area (Å²) in [6, 6.07) is 17.5. The van der Waals surface area contributed by atoms with Gasteiger partial charge in [0.05, 0.1) is 12.6 Å².